The van der Waals surface area contributed by atoms with E-state index < -0.39 is 11.7 Å². The summed E-state index contributed by atoms with van der Waals surface area (Å²) in [5.74, 6) is 0. The number of rotatable bonds is 1. The van der Waals surface area contributed by atoms with Gasteiger partial charge in [-0.15, -0.1) is 0 Å². The summed E-state index contributed by atoms with van der Waals surface area (Å²) in [5, 5.41) is 17.7. The van der Waals surface area contributed by atoms with Gasteiger partial charge in [0.1, 0.15) is 5.60 Å². The second-order valence-electron chi connectivity index (χ2n) is 3.42. The normalized spacial score (nSPS) is 39.1. The minimum absolute atomic E-state index is 0.0466. The average Bonchev–Trinajstić information content (AvgIpc) is 2.61. The summed E-state index contributed by atoms with van der Waals surface area (Å²) in [4.78, 5) is 12.0. The highest BCUT2D eigenvalue weighted by molar-refractivity contribution is 5.66. The SMILES string of the molecule is O=C(O)N1C[C@]2(CO)C[C@H]1CO2. The molecule has 2 saturated heterocycles. The molecule has 2 atom stereocenters. The Balaban J connectivity index is 2.14. The third-order valence-corrected chi connectivity index (χ3v) is 2.62. The van der Waals surface area contributed by atoms with Gasteiger partial charge in [-0.2, -0.15) is 0 Å². The fraction of sp³-hybridized carbons (Fsp3) is 0.857. The lowest BCUT2D eigenvalue weighted by Crippen LogP contribution is -2.46. The van der Waals surface area contributed by atoms with Gasteiger partial charge in [-0.25, -0.2) is 4.79 Å². The molecule has 0 aromatic rings. The molecule has 0 radical (unpaired) electrons. The Labute approximate surface area is 69.5 Å². The summed E-state index contributed by atoms with van der Waals surface area (Å²) < 4.78 is 5.31. The number of morpholine rings is 1. The smallest absolute Gasteiger partial charge is 0.407 e. The van der Waals surface area contributed by atoms with Crippen molar-refractivity contribution in [2.75, 3.05) is 19.8 Å². The minimum Gasteiger partial charge on any atom is -0.465 e. The number of hydrogen-bond donors (Lipinski definition) is 2. The monoisotopic (exact) mass is 173 g/mol. The quantitative estimate of drug-likeness (QED) is 0.560. The number of aliphatic hydroxyl groups is 1. The van der Waals surface area contributed by atoms with Crippen molar-refractivity contribution in [1.82, 2.24) is 4.90 Å². The standard InChI is InChI=1S/C7H11NO4/c9-4-7-1-5(2-12-7)8(3-7)6(10)11/h5,9H,1-4H2,(H,10,11)/t5-,7-/m0/s1. The highest BCUT2D eigenvalue weighted by Gasteiger charge is 2.52. The van der Waals surface area contributed by atoms with Crippen LogP contribution in [0.25, 0.3) is 0 Å². The Morgan fingerprint density at radius 2 is 2.50 bits per heavy atom. The summed E-state index contributed by atoms with van der Waals surface area (Å²) in [6, 6.07) is -0.0466. The number of carboxylic acid groups (broad SMARTS) is 1. The molecule has 0 spiro atoms. The predicted molar refractivity (Wildman–Crippen MR) is 38.9 cm³/mol. The number of nitrogens with zero attached hydrogens (tertiary/aromatic N) is 1. The maximum absolute atomic E-state index is 10.6. The van der Waals surface area contributed by atoms with Crippen LogP contribution in [0.4, 0.5) is 4.79 Å². The van der Waals surface area contributed by atoms with Crippen LogP contribution in [0, 0.1) is 0 Å². The predicted octanol–water partition coefficient (Wildman–Crippen LogP) is -0.500. The first kappa shape index (κ1) is 7.82. The van der Waals surface area contributed by atoms with E-state index in [-0.39, 0.29) is 12.6 Å². The Morgan fingerprint density at radius 1 is 1.75 bits per heavy atom. The van der Waals surface area contributed by atoms with Crippen molar-refractivity contribution in [3.05, 3.63) is 0 Å². The fourth-order valence-electron chi connectivity index (χ4n) is 1.95. The molecule has 5 nitrogen and oxygen atoms in total. The number of fused-ring (bicyclic) bond motifs is 2. The summed E-state index contributed by atoms with van der Waals surface area (Å²) in [7, 11) is 0. The van der Waals surface area contributed by atoms with Gasteiger partial charge in [-0.3, -0.25) is 4.90 Å². The van der Waals surface area contributed by atoms with Gasteiger partial charge in [-0.05, 0) is 0 Å². The molecule has 0 aromatic heterocycles. The summed E-state index contributed by atoms with van der Waals surface area (Å²) in [5.41, 5.74) is -0.594. The molecule has 2 aliphatic heterocycles. The highest BCUT2D eigenvalue weighted by atomic mass is 16.5. The molecule has 2 bridgehead atoms. The van der Waals surface area contributed by atoms with Crippen LogP contribution >= 0.6 is 0 Å². The van der Waals surface area contributed by atoms with Crippen LogP contribution in [0.3, 0.4) is 0 Å². The fourth-order valence-corrected chi connectivity index (χ4v) is 1.95. The lowest BCUT2D eigenvalue weighted by molar-refractivity contribution is -0.0679. The summed E-state index contributed by atoms with van der Waals surface area (Å²) in [6.45, 7) is 0.643. The summed E-state index contributed by atoms with van der Waals surface area (Å²) in [6.07, 6.45) is -0.283. The van der Waals surface area contributed by atoms with E-state index in [0.717, 1.165) is 0 Å². The van der Waals surface area contributed by atoms with Crippen LogP contribution in [-0.2, 0) is 4.74 Å². The van der Waals surface area contributed by atoms with Crippen molar-refractivity contribution in [1.29, 1.82) is 0 Å². The van der Waals surface area contributed by atoms with Crippen molar-refractivity contribution in [3.63, 3.8) is 0 Å². The van der Waals surface area contributed by atoms with E-state index >= 15 is 0 Å². The number of ether oxygens (including phenoxy) is 1. The van der Waals surface area contributed by atoms with Gasteiger partial charge < -0.3 is 14.9 Å². The van der Waals surface area contributed by atoms with Crippen molar-refractivity contribution in [2.24, 2.45) is 0 Å². The van der Waals surface area contributed by atoms with Crippen molar-refractivity contribution in [2.45, 2.75) is 18.1 Å². The third kappa shape index (κ3) is 0.899. The lowest BCUT2D eigenvalue weighted by Gasteiger charge is -2.29. The molecular weight excluding hydrogens is 162 g/mol. The van der Waals surface area contributed by atoms with Gasteiger partial charge in [0.2, 0.25) is 0 Å². The van der Waals surface area contributed by atoms with E-state index in [1.165, 1.54) is 4.90 Å². The Kier molecular flexibility index (Phi) is 1.52. The number of carbonyl (C=O) groups is 1. The van der Waals surface area contributed by atoms with E-state index in [2.05, 4.69) is 0 Å². The molecule has 2 aliphatic rings. The molecule has 0 aromatic carbocycles. The Hall–Kier alpha value is -0.810. The van der Waals surface area contributed by atoms with E-state index in [1.807, 2.05) is 0 Å². The molecule has 68 valence electrons. The van der Waals surface area contributed by atoms with Gasteiger partial charge in [0.05, 0.1) is 25.8 Å². The molecule has 0 saturated carbocycles. The Bertz CT molecular complexity index is 219. The molecule has 12 heavy (non-hydrogen) atoms. The molecule has 0 unspecified atom stereocenters. The van der Waals surface area contributed by atoms with Crippen LogP contribution in [-0.4, -0.2) is 52.6 Å². The van der Waals surface area contributed by atoms with Gasteiger partial charge in [-0.1, -0.05) is 0 Å². The second kappa shape index (κ2) is 2.34. The zero-order valence-corrected chi connectivity index (χ0v) is 6.56. The van der Waals surface area contributed by atoms with Gasteiger partial charge in [0, 0.05) is 6.42 Å². The van der Waals surface area contributed by atoms with Gasteiger partial charge in [0.15, 0.2) is 0 Å². The van der Waals surface area contributed by atoms with E-state index in [9.17, 15) is 4.79 Å². The van der Waals surface area contributed by atoms with E-state index in [0.29, 0.717) is 19.6 Å². The van der Waals surface area contributed by atoms with Crippen molar-refractivity contribution >= 4 is 6.09 Å². The van der Waals surface area contributed by atoms with Crippen LogP contribution < -0.4 is 0 Å². The van der Waals surface area contributed by atoms with Crippen molar-refractivity contribution in [3.8, 4) is 0 Å². The average molecular weight is 173 g/mol. The number of amides is 1. The molecule has 2 N–H and O–H groups in total. The zero-order chi connectivity index (χ0) is 8.77. The number of likely N-dealkylation sites (tertiary alicyclic amines) is 1. The van der Waals surface area contributed by atoms with Gasteiger partial charge >= 0.3 is 6.09 Å². The first-order valence-electron chi connectivity index (χ1n) is 3.91. The molecule has 5 heteroatoms. The molecular formula is C7H11NO4. The Morgan fingerprint density at radius 3 is 2.92 bits per heavy atom. The minimum atomic E-state index is -0.918. The highest BCUT2D eigenvalue weighted by Crippen LogP contribution is 2.36. The lowest BCUT2D eigenvalue weighted by atomic mass is 10.1. The summed E-state index contributed by atoms with van der Waals surface area (Å²) >= 11 is 0. The third-order valence-electron chi connectivity index (χ3n) is 2.62. The van der Waals surface area contributed by atoms with E-state index in [4.69, 9.17) is 14.9 Å². The molecule has 0 aliphatic carbocycles. The molecule has 2 heterocycles. The first-order chi connectivity index (χ1) is 5.67. The number of aliphatic hydroxyl groups excluding tert-OH is 1. The van der Waals surface area contributed by atoms with Gasteiger partial charge in [0.25, 0.3) is 0 Å². The topological polar surface area (TPSA) is 70.0 Å². The van der Waals surface area contributed by atoms with E-state index in [1.54, 1.807) is 0 Å². The van der Waals surface area contributed by atoms with Crippen LogP contribution in [0.5, 0.6) is 0 Å². The molecule has 2 fully saturated rings. The first-order valence-corrected chi connectivity index (χ1v) is 3.91. The van der Waals surface area contributed by atoms with Crippen LogP contribution in [0.1, 0.15) is 6.42 Å². The molecule has 2 rings (SSSR count). The largest absolute Gasteiger partial charge is 0.465 e. The number of hydrogen-bond acceptors (Lipinski definition) is 3. The maximum atomic E-state index is 10.6. The van der Waals surface area contributed by atoms with Crippen LogP contribution in [0.15, 0.2) is 0 Å². The van der Waals surface area contributed by atoms with Crippen LogP contribution in [0.2, 0.25) is 0 Å². The zero-order valence-electron chi connectivity index (χ0n) is 6.56. The van der Waals surface area contributed by atoms with Crippen molar-refractivity contribution < 1.29 is 19.7 Å². The second-order valence-corrected chi connectivity index (χ2v) is 3.42. The molecule has 1 amide bonds. The maximum Gasteiger partial charge on any atom is 0.407 e.